The van der Waals surface area contributed by atoms with Gasteiger partial charge in [0.1, 0.15) is 0 Å². The van der Waals surface area contributed by atoms with Crippen molar-refractivity contribution >= 4 is 33.0 Å². The van der Waals surface area contributed by atoms with Gasteiger partial charge in [-0.25, -0.2) is 8.42 Å². The standard InChI is InChI=1S/C25H28N4O4S2/c1-16-22(14-21(34-16)23-26-24(33-27-23)18-7-4-8-18)35(31,32)28-12-5-9-19(15-28)25(30)29-13-11-17-6-2-3-10-20(17)29/h2-3,6,10,14,18-19H,4-5,7-9,11-13,15H2,1H3/t19-/m0/s1. The van der Waals surface area contributed by atoms with Gasteiger partial charge in [-0.3, -0.25) is 4.79 Å². The number of rotatable bonds is 5. The van der Waals surface area contributed by atoms with E-state index in [0.717, 1.165) is 24.9 Å². The van der Waals surface area contributed by atoms with E-state index in [1.165, 1.54) is 27.6 Å². The maximum absolute atomic E-state index is 13.7. The Labute approximate surface area is 209 Å². The van der Waals surface area contributed by atoms with E-state index in [4.69, 9.17) is 4.52 Å². The van der Waals surface area contributed by atoms with E-state index >= 15 is 0 Å². The molecule has 1 aliphatic carbocycles. The van der Waals surface area contributed by atoms with Crippen molar-refractivity contribution in [2.24, 2.45) is 5.92 Å². The minimum atomic E-state index is -3.75. The van der Waals surface area contributed by atoms with E-state index in [1.807, 2.05) is 30.0 Å². The minimum Gasteiger partial charge on any atom is -0.339 e. The number of hydrogen-bond acceptors (Lipinski definition) is 7. The zero-order valence-electron chi connectivity index (χ0n) is 19.6. The molecule has 1 aromatic carbocycles. The van der Waals surface area contributed by atoms with Crippen molar-refractivity contribution in [3.63, 3.8) is 0 Å². The fraction of sp³-hybridized carbons (Fsp3) is 0.480. The molecule has 2 aromatic heterocycles. The summed E-state index contributed by atoms with van der Waals surface area (Å²) in [6.07, 6.45) is 5.49. The van der Waals surface area contributed by atoms with E-state index in [2.05, 4.69) is 16.2 Å². The summed E-state index contributed by atoms with van der Waals surface area (Å²) in [5.41, 5.74) is 2.13. The number of anilines is 1. The van der Waals surface area contributed by atoms with Crippen LogP contribution in [0.1, 0.15) is 54.4 Å². The highest BCUT2D eigenvalue weighted by molar-refractivity contribution is 7.89. The third kappa shape index (κ3) is 4.01. The van der Waals surface area contributed by atoms with Crippen LogP contribution in [0.15, 0.2) is 39.8 Å². The molecule has 35 heavy (non-hydrogen) atoms. The predicted molar refractivity (Wildman–Crippen MR) is 133 cm³/mol. The van der Waals surface area contributed by atoms with Gasteiger partial charge in [-0.15, -0.1) is 11.3 Å². The number of fused-ring (bicyclic) bond motifs is 1. The first-order valence-corrected chi connectivity index (χ1v) is 14.5. The summed E-state index contributed by atoms with van der Waals surface area (Å²) in [6, 6.07) is 9.62. The Hall–Kier alpha value is -2.56. The lowest BCUT2D eigenvalue weighted by Crippen LogP contribution is -2.46. The Bertz CT molecular complexity index is 1380. The third-order valence-electron chi connectivity index (χ3n) is 7.49. The van der Waals surface area contributed by atoms with Gasteiger partial charge in [-0.1, -0.05) is 29.8 Å². The lowest BCUT2D eigenvalue weighted by molar-refractivity contribution is -0.123. The van der Waals surface area contributed by atoms with Crippen LogP contribution in [0.25, 0.3) is 10.7 Å². The number of sulfonamides is 1. The van der Waals surface area contributed by atoms with Crippen LogP contribution in [0.4, 0.5) is 5.69 Å². The van der Waals surface area contributed by atoms with Crippen LogP contribution in [0.2, 0.25) is 0 Å². The van der Waals surface area contributed by atoms with Gasteiger partial charge >= 0.3 is 0 Å². The number of thiophene rings is 1. The van der Waals surface area contributed by atoms with Gasteiger partial charge in [0, 0.05) is 36.1 Å². The second-order valence-corrected chi connectivity index (χ2v) is 12.8. The molecule has 1 saturated carbocycles. The average molecular weight is 513 g/mol. The number of para-hydroxylation sites is 1. The number of aryl methyl sites for hydroxylation is 1. The van der Waals surface area contributed by atoms with Crippen molar-refractivity contribution in [1.29, 1.82) is 0 Å². The molecule has 0 radical (unpaired) electrons. The van der Waals surface area contributed by atoms with Gasteiger partial charge in [0.15, 0.2) is 0 Å². The topological polar surface area (TPSA) is 96.6 Å². The molecular formula is C25H28N4O4S2. The molecule has 2 aliphatic heterocycles. The Morgan fingerprint density at radius 1 is 1.14 bits per heavy atom. The second kappa shape index (κ2) is 8.83. The molecule has 0 N–H and O–H groups in total. The highest BCUT2D eigenvalue weighted by atomic mass is 32.2. The number of hydrogen-bond donors (Lipinski definition) is 0. The van der Waals surface area contributed by atoms with Gasteiger partial charge in [-0.05, 0) is 56.7 Å². The summed E-state index contributed by atoms with van der Waals surface area (Å²) in [6.45, 7) is 3.09. The molecule has 0 spiro atoms. The van der Waals surface area contributed by atoms with Crippen molar-refractivity contribution in [2.45, 2.75) is 56.3 Å². The van der Waals surface area contributed by atoms with E-state index < -0.39 is 10.0 Å². The molecule has 184 valence electrons. The van der Waals surface area contributed by atoms with Crippen LogP contribution in [0.5, 0.6) is 0 Å². The molecule has 6 rings (SSSR count). The van der Waals surface area contributed by atoms with Crippen LogP contribution < -0.4 is 4.90 Å². The quantitative estimate of drug-likeness (QED) is 0.504. The molecule has 0 bridgehead atoms. The lowest BCUT2D eigenvalue weighted by Gasteiger charge is -2.33. The normalized spacial score (nSPS) is 21.2. The van der Waals surface area contributed by atoms with Crippen molar-refractivity contribution in [3.05, 3.63) is 46.7 Å². The predicted octanol–water partition coefficient (Wildman–Crippen LogP) is 4.36. The van der Waals surface area contributed by atoms with Crippen molar-refractivity contribution in [2.75, 3.05) is 24.5 Å². The van der Waals surface area contributed by atoms with Crippen molar-refractivity contribution in [1.82, 2.24) is 14.4 Å². The van der Waals surface area contributed by atoms with Gasteiger partial charge in [0.05, 0.1) is 15.7 Å². The van der Waals surface area contributed by atoms with Gasteiger partial charge in [0.25, 0.3) is 0 Å². The minimum absolute atomic E-state index is 0.0212. The second-order valence-electron chi connectivity index (χ2n) is 9.69. The van der Waals surface area contributed by atoms with E-state index in [9.17, 15) is 13.2 Å². The Morgan fingerprint density at radius 3 is 2.77 bits per heavy atom. The number of carbonyl (C=O) groups is 1. The first-order chi connectivity index (χ1) is 16.9. The molecule has 0 unspecified atom stereocenters. The zero-order valence-corrected chi connectivity index (χ0v) is 21.3. The van der Waals surface area contributed by atoms with E-state index in [-0.39, 0.29) is 23.3 Å². The summed E-state index contributed by atoms with van der Waals surface area (Å²) >= 11 is 1.36. The third-order valence-corrected chi connectivity index (χ3v) is 10.7. The van der Waals surface area contributed by atoms with Gasteiger partial charge in [0.2, 0.25) is 27.6 Å². The van der Waals surface area contributed by atoms with Gasteiger partial charge < -0.3 is 9.42 Å². The lowest BCUT2D eigenvalue weighted by atomic mass is 9.85. The molecule has 4 heterocycles. The van der Waals surface area contributed by atoms with Crippen LogP contribution in [0.3, 0.4) is 0 Å². The summed E-state index contributed by atoms with van der Waals surface area (Å²) in [4.78, 5) is 21.4. The fourth-order valence-electron chi connectivity index (χ4n) is 5.28. The summed E-state index contributed by atoms with van der Waals surface area (Å²) in [7, 11) is -3.75. The van der Waals surface area contributed by atoms with E-state index in [1.54, 1.807) is 6.07 Å². The molecule has 1 atom stereocenters. The molecule has 1 saturated heterocycles. The fourth-order valence-corrected chi connectivity index (χ4v) is 8.29. The Kier molecular flexibility index (Phi) is 5.77. The van der Waals surface area contributed by atoms with Crippen LogP contribution in [-0.4, -0.2) is 48.4 Å². The number of carbonyl (C=O) groups excluding carboxylic acids is 1. The Morgan fingerprint density at radius 2 is 1.97 bits per heavy atom. The number of piperidine rings is 1. The first kappa shape index (κ1) is 22.9. The monoisotopic (exact) mass is 512 g/mol. The molecule has 3 aliphatic rings. The van der Waals surface area contributed by atoms with Crippen molar-refractivity contribution < 1.29 is 17.7 Å². The number of benzene rings is 1. The maximum Gasteiger partial charge on any atom is 0.244 e. The molecular weight excluding hydrogens is 484 g/mol. The first-order valence-electron chi connectivity index (χ1n) is 12.3. The SMILES string of the molecule is Cc1sc(-c2noc(C3CCC3)n2)cc1S(=O)(=O)N1CCC[C@H](C(=O)N2CCc3ccccc32)C1. The Balaban J connectivity index is 1.21. The van der Waals surface area contributed by atoms with Crippen LogP contribution >= 0.6 is 11.3 Å². The highest BCUT2D eigenvalue weighted by Crippen LogP contribution is 2.39. The van der Waals surface area contributed by atoms with Crippen molar-refractivity contribution in [3.8, 4) is 10.7 Å². The van der Waals surface area contributed by atoms with E-state index in [0.29, 0.717) is 53.3 Å². The molecule has 10 heteroatoms. The summed E-state index contributed by atoms with van der Waals surface area (Å²) in [5.74, 6) is 1.09. The molecule has 1 amide bonds. The number of amides is 1. The maximum atomic E-state index is 13.7. The summed E-state index contributed by atoms with van der Waals surface area (Å²) < 4.78 is 34.2. The average Bonchev–Trinajstić information content (AvgIpc) is 3.56. The smallest absolute Gasteiger partial charge is 0.244 e. The zero-order chi connectivity index (χ0) is 24.2. The van der Waals surface area contributed by atoms with Crippen LogP contribution in [-0.2, 0) is 21.2 Å². The molecule has 2 fully saturated rings. The van der Waals surface area contributed by atoms with Crippen LogP contribution in [0, 0.1) is 12.8 Å². The summed E-state index contributed by atoms with van der Waals surface area (Å²) in [5, 5.41) is 4.10. The molecule has 3 aromatic rings. The largest absolute Gasteiger partial charge is 0.339 e. The number of aromatic nitrogens is 2. The van der Waals surface area contributed by atoms with Gasteiger partial charge in [-0.2, -0.15) is 9.29 Å². The highest BCUT2D eigenvalue weighted by Gasteiger charge is 2.38. The molecule has 8 nitrogen and oxygen atoms in total. The number of nitrogens with zero attached hydrogens (tertiary/aromatic N) is 4.